The van der Waals surface area contributed by atoms with E-state index in [0.717, 1.165) is 0 Å². The number of ether oxygens (including phenoxy) is 1. The maximum atomic E-state index is 10.9. The van der Waals surface area contributed by atoms with Crippen LogP contribution in [0.3, 0.4) is 0 Å². The highest BCUT2D eigenvalue weighted by Crippen LogP contribution is 2.05. The Morgan fingerprint density at radius 3 is 2.50 bits per heavy atom. The number of nitrogens with zero attached hydrogens (tertiary/aromatic N) is 1. The summed E-state index contributed by atoms with van der Waals surface area (Å²) in [5.74, 6) is 0. The van der Waals surface area contributed by atoms with Gasteiger partial charge in [-0.2, -0.15) is 0 Å². The van der Waals surface area contributed by atoms with Gasteiger partial charge in [-0.3, -0.25) is 4.99 Å². The molecule has 0 saturated carbocycles. The van der Waals surface area contributed by atoms with E-state index in [2.05, 4.69) is 4.99 Å². The normalized spacial score (nSPS) is 13.2. The van der Waals surface area contributed by atoms with Gasteiger partial charge in [-0.15, -0.1) is 0 Å². The molecule has 0 aliphatic carbocycles. The molecule has 0 amide bonds. The molecule has 4 heteroatoms. The molecule has 0 atom stereocenters. The fourth-order valence-corrected chi connectivity index (χ4v) is 0.535. The van der Waals surface area contributed by atoms with Gasteiger partial charge in [0.2, 0.25) is 0 Å². The van der Waals surface area contributed by atoms with E-state index >= 15 is 0 Å². The molecule has 0 aliphatic heterocycles. The van der Waals surface area contributed by atoms with Gasteiger partial charge in [0.05, 0.1) is 0 Å². The lowest BCUT2D eigenvalue weighted by Gasteiger charge is -2.29. The number of rotatable bonds is 3. The Morgan fingerprint density at radius 1 is 1.50 bits per heavy atom. The number of aliphatic hydroxyl groups excluding tert-OH is 1. The molecular formula is C8H16NO3-. The fraction of sp³-hybridized carbons (Fsp3) is 0.875. The highest BCUT2D eigenvalue weighted by atomic mass is 16.6. The Labute approximate surface area is 72.9 Å². The van der Waals surface area contributed by atoms with Gasteiger partial charge in [-0.25, -0.2) is 0 Å². The minimum atomic E-state index is -0.559. The number of hydrogen-bond donors (Lipinski definition) is 1. The molecule has 0 aromatic carbocycles. The van der Waals surface area contributed by atoms with Gasteiger partial charge in [0, 0.05) is 18.8 Å². The molecule has 0 aromatic heterocycles. The molecule has 0 heterocycles. The van der Waals surface area contributed by atoms with Gasteiger partial charge in [-0.1, -0.05) is 20.8 Å². The van der Waals surface area contributed by atoms with Crippen molar-refractivity contribution in [1.82, 2.24) is 0 Å². The Balaban J connectivity index is 3.70. The van der Waals surface area contributed by atoms with Gasteiger partial charge >= 0.3 is 0 Å². The average Bonchev–Trinajstić information content (AvgIpc) is 1.84. The Bertz CT molecular complexity index is 149. The smallest absolute Gasteiger partial charge is 0.145 e. The fourth-order valence-electron chi connectivity index (χ4n) is 0.535. The van der Waals surface area contributed by atoms with E-state index in [9.17, 15) is 5.11 Å². The predicted molar refractivity (Wildman–Crippen MR) is 44.8 cm³/mol. The maximum absolute atomic E-state index is 10.9. The Morgan fingerprint density at radius 2 is 2.08 bits per heavy atom. The molecule has 1 N–H and O–H groups in total. The van der Waals surface area contributed by atoms with Crippen molar-refractivity contribution in [1.29, 1.82) is 0 Å². The third kappa shape index (κ3) is 7.34. The summed E-state index contributed by atoms with van der Waals surface area (Å²) in [6, 6.07) is 0. The van der Waals surface area contributed by atoms with Crippen LogP contribution in [0.1, 0.15) is 27.2 Å². The van der Waals surface area contributed by atoms with E-state index in [1.54, 1.807) is 20.8 Å². The van der Waals surface area contributed by atoms with Crippen molar-refractivity contribution >= 4 is 6.08 Å². The van der Waals surface area contributed by atoms with Crippen molar-refractivity contribution in [2.45, 2.75) is 32.8 Å². The molecule has 0 rings (SSSR count). The summed E-state index contributed by atoms with van der Waals surface area (Å²) in [4.78, 5) is 3.58. The van der Waals surface area contributed by atoms with Crippen molar-refractivity contribution in [3.63, 3.8) is 0 Å². The molecule has 0 fully saturated rings. The van der Waals surface area contributed by atoms with Gasteiger partial charge in [0.1, 0.15) is 6.08 Å². The van der Waals surface area contributed by atoms with E-state index < -0.39 is 11.7 Å². The summed E-state index contributed by atoms with van der Waals surface area (Å²) < 4.78 is 4.90. The quantitative estimate of drug-likeness (QED) is 0.369. The van der Waals surface area contributed by atoms with Crippen molar-refractivity contribution in [3.8, 4) is 0 Å². The zero-order chi connectivity index (χ0) is 9.61. The molecular weight excluding hydrogens is 158 g/mol. The number of hydrogen-bond acceptors (Lipinski definition) is 4. The number of aliphatic hydroxyl groups is 1. The second kappa shape index (κ2) is 4.98. The van der Waals surface area contributed by atoms with Crippen LogP contribution < -0.4 is 5.11 Å². The van der Waals surface area contributed by atoms with Crippen molar-refractivity contribution in [3.05, 3.63) is 0 Å². The summed E-state index contributed by atoms with van der Waals surface area (Å²) in [5.41, 5.74) is -0.486. The zero-order valence-electron chi connectivity index (χ0n) is 7.83. The molecule has 0 unspecified atom stereocenters. The van der Waals surface area contributed by atoms with Crippen LogP contribution in [-0.4, -0.2) is 29.9 Å². The Hall–Kier alpha value is -0.770. The van der Waals surface area contributed by atoms with Crippen LogP contribution in [0.4, 0.5) is 0 Å². The van der Waals surface area contributed by atoms with E-state index in [-0.39, 0.29) is 6.61 Å². The van der Waals surface area contributed by atoms with Crippen LogP contribution in [0.5, 0.6) is 0 Å². The molecule has 0 bridgehead atoms. The molecule has 12 heavy (non-hydrogen) atoms. The van der Waals surface area contributed by atoms with Crippen LogP contribution in [0.15, 0.2) is 4.99 Å². The summed E-state index contributed by atoms with van der Waals surface area (Å²) in [7, 11) is 0. The molecule has 0 aliphatic rings. The standard InChI is InChI=1S/C8H17NO3/c1-8(2,3)12-7(11)9-5-4-6-10/h10H,4-6H2,1-3H3,(H,9,11)/p-1. The van der Waals surface area contributed by atoms with Gasteiger partial charge in [0.25, 0.3) is 0 Å². The van der Waals surface area contributed by atoms with Crippen molar-refractivity contribution in [2.24, 2.45) is 4.99 Å². The first-order chi connectivity index (χ1) is 5.45. The van der Waals surface area contributed by atoms with Gasteiger partial charge in [0.15, 0.2) is 0 Å². The van der Waals surface area contributed by atoms with E-state index in [0.29, 0.717) is 13.0 Å². The monoisotopic (exact) mass is 174 g/mol. The largest absolute Gasteiger partial charge is 0.595 e. The SMILES string of the molecule is CC(C)(C)OC([O-])=NCCCO. The Kier molecular flexibility index (Phi) is 4.66. The van der Waals surface area contributed by atoms with Crippen LogP contribution in [0, 0.1) is 0 Å². The predicted octanol–water partition coefficient (Wildman–Crippen LogP) is -0.0998. The van der Waals surface area contributed by atoms with Gasteiger partial charge in [-0.05, 0) is 6.42 Å². The minimum Gasteiger partial charge on any atom is -0.595 e. The highest BCUT2D eigenvalue weighted by Gasteiger charge is 2.03. The maximum Gasteiger partial charge on any atom is 0.145 e. The van der Waals surface area contributed by atoms with Crippen LogP contribution >= 0.6 is 0 Å². The summed E-state index contributed by atoms with van der Waals surface area (Å²) in [6.07, 6.45) is -0.0601. The molecule has 0 saturated heterocycles. The van der Waals surface area contributed by atoms with Crippen LogP contribution in [0.2, 0.25) is 0 Å². The minimum absolute atomic E-state index is 0.0479. The third-order valence-electron chi connectivity index (χ3n) is 0.951. The molecule has 4 nitrogen and oxygen atoms in total. The van der Waals surface area contributed by atoms with Crippen molar-refractivity contribution in [2.75, 3.05) is 13.2 Å². The lowest BCUT2D eigenvalue weighted by atomic mass is 10.2. The lowest BCUT2D eigenvalue weighted by molar-refractivity contribution is -0.260. The third-order valence-corrected chi connectivity index (χ3v) is 0.951. The second-order valence-electron chi connectivity index (χ2n) is 3.44. The summed E-state index contributed by atoms with van der Waals surface area (Å²) in [6.45, 7) is 5.73. The molecule has 72 valence electrons. The molecule has 0 radical (unpaired) electrons. The first-order valence-corrected chi connectivity index (χ1v) is 3.97. The first kappa shape index (κ1) is 11.2. The lowest BCUT2D eigenvalue weighted by Crippen LogP contribution is -2.32. The van der Waals surface area contributed by atoms with Crippen molar-refractivity contribution < 1.29 is 14.9 Å². The van der Waals surface area contributed by atoms with E-state index in [1.165, 1.54) is 0 Å². The summed E-state index contributed by atoms with van der Waals surface area (Å²) >= 11 is 0. The second-order valence-corrected chi connectivity index (χ2v) is 3.44. The zero-order valence-corrected chi connectivity index (χ0v) is 7.83. The average molecular weight is 174 g/mol. The summed E-state index contributed by atoms with van der Waals surface area (Å²) in [5, 5.41) is 19.3. The van der Waals surface area contributed by atoms with Gasteiger partial charge < -0.3 is 14.9 Å². The number of aliphatic imine (C=N–C) groups is 1. The molecule has 0 spiro atoms. The molecule has 0 aromatic rings. The topological polar surface area (TPSA) is 64.9 Å². The van der Waals surface area contributed by atoms with E-state index in [1.807, 2.05) is 0 Å². The van der Waals surface area contributed by atoms with Crippen LogP contribution in [-0.2, 0) is 4.74 Å². The highest BCUT2D eigenvalue weighted by molar-refractivity contribution is 5.62. The van der Waals surface area contributed by atoms with Crippen LogP contribution in [0.25, 0.3) is 0 Å². The van der Waals surface area contributed by atoms with E-state index in [4.69, 9.17) is 9.84 Å². The first-order valence-electron chi connectivity index (χ1n) is 3.97.